The van der Waals surface area contributed by atoms with Crippen molar-refractivity contribution in [2.45, 2.75) is 5.37 Å². The van der Waals surface area contributed by atoms with Gasteiger partial charge < -0.3 is 10.1 Å². The maximum atomic E-state index is 12.2. The Morgan fingerprint density at radius 1 is 1.26 bits per heavy atom. The topological polar surface area (TPSA) is 101 Å². The monoisotopic (exact) mass is 386 g/mol. The fourth-order valence-corrected chi connectivity index (χ4v) is 3.72. The summed E-state index contributed by atoms with van der Waals surface area (Å²) >= 11 is 1.39. The van der Waals surface area contributed by atoms with Gasteiger partial charge in [-0.25, -0.2) is 5.01 Å². The number of rotatable bonds is 6. The highest BCUT2D eigenvalue weighted by Gasteiger charge is 2.35. The molecule has 8 nitrogen and oxygen atoms in total. The Balaban J connectivity index is 1.63. The van der Waals surface area contributed by atoms with Crippen LogP contribution in [0.3, 0.4) is 0 Å². The molecule has 1 atom stereocenters. The average Bonchev–Trinajstić information content (AvgIpc) is 3.06. The highest BCUT2D eigenvalue weighted by molar-refractivity contribution is 8.00. The van der Waals surface area contributed by atoms with Crippen LogP contribution in [-0.4, -0.2) is 47.1 Å². The van der Waals surface area contributed by atoms with Gasteiger partial charge in [-0.1, -0.05) is 18.2 Å². The Labute approximate surface area is 160 Å². The third-order valence-corrected chi connectivity index (χ3v) is 5.06. The summed E-state index contributed by atoms with van der Waals surface area (Å²) in [6, 6.07) is 10.4. The number of pyridine rings is 1. The zero-order valence-corrected chi connectivity index (χ0v) is 15.4. The van der Waals surface area contributed by atoms with E-state index in [1.54, 1.807) is 25.3 Å². The molecule has 0 saturated carbocycles. The summed E-state index contributed by atoms with van der Waals surface area (Å²) < 4.78 is 5.35. The lowest BCUT2D eigenvalue weighted by atomic mass is 10.2. The van der Waals surface area contributed by atoms with Gasteiger partial charge in [0.1, 0.15) is 11.1 Å². The highest BCUT2D eigenvalue weighted by Crippen LogP contribution is 2.41. The van der Waals surface area contributed by atoms with Gasteiger partial charge >= 0.3 is 0 Å². The molecule has 3 amide bonds. The van der Waals surface area contributed by atoms with Gasteiger partial charge in [-0.15, -0.1) is 11.8 Å². The van der Waals surface area contributed by atoms with Crippen LogP contribution in [0.4, 0.5) is 0 Å². The van der Waals surface area contributed by atoms with E-state index in [0.717, 1.165) is 5.56 Å². The number of methoxy groups -OCH3 is 1. The van der Waals surface area contributed by atoms with Crippen LogP contribution in [0, 0.1) is 0 Å². The molecule has 1 aliphatic heterocycles. The van der Waals surface area contributed by atoms with Crippen molar-refractivity contribution in [3.05, 3.63) is 59.9 Å². The molecule has 2 heterocycles. The highest BCUT2D eigenvalue weighted by atomic mass is 32.2. The van der Waals surface area contributed by atoms with E-state index in [9.17, 15) is 14.4 Å². The molecule has 0 bridgehead atoms. The average molecular weight is 386 g/mol. The predicted molar refractivity (Wildman–Crippen MR) is 99.8 cm³/mol. The number of para-hydroxylation sites is 1. The minimum Gasteiger partial charge on any atom is -0.496 e. The number of aromatic nitrogens is 1. The van der Waals surface area contributed by atoms with E-state index in [2.05, 4.69) is 15.7 Å². The zero-order chi connectivity index (χ0) is 19.2. The summed E-state index contributed by atoms with van der Waals surface area (Å²) in [5.41, 5.74) is 3.77. The number of hydrogen-bond donors (Lipinski definition) is 2. The minimum absolute atomic E-state index is 0.218. The second-order valence-corrected chi connectivity index (χ2v) is 6.69. The van der Waals surface area contributed by atoms with Gasteiger partial charge in [-0.05, 0) is 18.2 Å². The first-order valence-electron chi connectivity index (χ1n) is 8.14. The van der Waals surface area contributed by atoms with Crippen LogP contribution in [-0.2, 0) is 9.59 Å². The molecule has 2 N–H and O–H groups in total. The Morgan fingerprint density at radius 2 is 2.00 bits per heavy atom. The summed E-state index contributed by atoms with van der Waals surface area (Å²) in [7, 11) is 1.55. The van der Waals surface area contributed by atoms with Crippen molar-refractivity contribution in [3.63, 3.8) is 0 Å². The van der Waals surface area contributed by atoms with E-state index in [0.29, 0.717) is 11.3 Å². The second kappa shape index (κ2) is 8.54. The maximum absolute atomic E-state index is 12.2. The molecule has 1 aliphatic rings. The molecule has 1 aromatic carbocycles. The maximum Gasteiger partial charge on any atom is 0.258 e. The lowest BCUT2D eigenvalue weighted by Gasteiger charge is -2.25. The summed E-state index contributed by atoms with van der Waals surface area (Å²) in [5.74, 6) is -0.226. The molecule has 0 spiro atoms. The Morgan fingerprint density at radius 3 is 2.74 bits per heavy atom. The van der Waals surface area contributed by atoms with Crippen molar-refractivity contribution in [1.82, 2.24) is 20.7 Å². The summed E-state index contributed by atoms with van der Waals surface area (Å²) in [6.07, 6.45) is 2.99. The second-order valence-electron chi connectivity index (χ2n) is 5.62. The van der Waals surface area contributed by atoms with Gasteiger partial charge in [0.05, 0.1) is 19.4 Å². The van der Waals surface area contributed by atoms with Crippen LogP contribution in [0.25, 0.3) is 0 Å². The quantitative estimate of drug-likeness (QED) is 0.772. The van der Waals surface area contributed by atoms with Gasteiger partial charge in [-0.3, -0.25) is 24.8 Å². The van der Waals surface area contributed by atoms with Crippen LogP contribution in [0.2, 0.25) is 0 Å². The number of carbonyl (C=O) groups is 3. The van der Waals surface area contributed by atoms with Crippen molar-refractivity contribution >= 4 is 29.5 Å². The van der Waals surface area contributed by atoms with Gasteiger partial charge in [0, 0.05) is 23.5 Å². The molecule has 3 rings (SSSR count). The number of nitrogens with one attached hydrogen (secondary N) is 2. The molecular weight excluding hydrogens is 368 g/mol. The first-order valence-corrected chi connectivity index (χ1v) is 9.19. The summed E-state index contributed by atoms with van der Waals surface area (Å²) in [5, 5.41) is 3.40. The normalized spacial score (nSPS) is 16.1. The SMILES string of the molecule is COc1ccccc1C1SCC(=O)N1NC(=O)CNC(=O)c1ccncc1. The van der Waals surface area contributed by atoms with E-state index < -0.39 is 17.2 Å². The van der Waals surface area contributed by atoms with Crippen molar-refractivity contribution in [1.29, 1.82) is 0 Å². The smallest absolute Gasteiger partial charge is 0.258 e. The molecule has 1 fully saturated rings. The van der Waals surface area contributed by atoms with Crippen molar-refractivity contribution < 1.29 is 19.1 Å². The van der Waals surface area contributed by atoms with E-state index >= 15 is 0 Å². The largest absolute Gasteiger partial charge is 0.496 e. The fraction of sp³-hybridized carbons (Fsp3) is 0.222. The number of hydrazine groups is 1. The molecular formula is C18H18N4O4S. The number of carbonyl (C=O) groups excluding carboxylic acids is 3. The molecule has 0 radical (unpaired) electrons. The standard InChI is InChI=1S/C18H18N4O4S/c1-26-14-5-3-2-4-13(14)18-22(16(24)11-27-18)21-15(23)10-20-17(25)12-6-8-19-9-7-12/h2-9,18H,10-11H2,1H3,(H,20,25)(H,21,23). The molecule has 2 aromatic rings. The third kappa shape index (κ3) is 4.37. The number of amides is 3. The van der Waals surface area contributed by atoms with E-state index in [4.69, 9.17) is 4.74 Å². The number of benzene rings is 1. The molecule has 1 unspecified atom stereocenters. The van der Waals surface area contributed by atoms with Crippen LogP contribution in [0.1, 0.15) is 21.3 Å². The minimum atomic E-state index is -0.492. The van der Waals surface area contributed by atoms with Crippen molar-refractivity contribution in [2.75, 3.05) is 19.4 Å². The van der Waals surface area contributed by atoms with Gasteiger partial charge in [0.15, 0.2) is 0 Å². The zero-order valence-electron chi connectivity index (χ0n) is 14.5. The molecule has 1 aromatic heterocycles. The van der Waals surface area contributed by atoms with Gasteiger partial charge in [-0.2, -0.15) is 0 Å². The number of hydrogen-bond acceptors (Lipinski definition) is 6. The fourth-order valence-electron chi connectivity index (χ4n) is 2.59. The van der Waals surface area contributed by atoms with E-state index in [1.165, 1.54) is 29.2 Å². The number of ether oxygens (including phenoxy) is 1. The van der Waals surface area contributed by atoms with Crippen molar-refractivity contribution in [3.8, 4) is 5.75 Å². The van der Waals surface area contributed by atoms with E-state index in [1.807, 2.05) is 18.2 Å². The van der Waals surface area contributed by atoms with E-state index in [-0.39, 0.29) is 18.2 Å². The van der Waals surface area contributed by atoms with Crippen LogP contribution in [0.5, 0.6) is 5.75 Å². The summed E-state index contributed by atoms with van der Waals surface area (Å²) in [6.45, 7) is -0.256. The lowest BCUT2D eigenvalue weighted by molar-refractivity contribution is -0.139. The van der Waals surface area contributed by atoms with Gasteiger partial charge in [0.2, 0.25) is 0 Å². The van der Waals surface area contributed by atoms with Crippen LogP contribution < -0.4 is 15.5 Å². The number of thioether (sulfide) groups is 1. The Kier molecular flexibility index (Phi) is 5.92. The summed E-state index contributed by atoms with van der Waals surface area (Å²) in [4.78, 5) is 40.3. The van der Waals surface area contributed by atoms with Crippen LogP contribution in [0.15, 0.2) is 48.8 Å². The third-order valence-electron chi connectivity index (χ3n) is 3.87. The van der Waals surface area contributed by atoms with Crippen LogP contribution >= 0.6 is 11.8 Å². The molecule has 27 heavy (non-hydrogen) atoms. The lowest BCUT2D eigenvalue weighted by Crippen LogP contribution is -2.48. The van der Waals surface area contributed by atoms with Gasteiger partial charge in [0.25, 0.3) is 17.7 Å². The Bertz CT molecular complexity index is 846. The number of nitrogens with zero attached hydrogens (tertiary/aromatic N) is 2. The molecule has 9 heteroatoms. The first kappa shape index (κ1) is 18.7. The predicted octanol–water partition coefficient (Wildman–Crippen LogP) is 1.13. The first-order chi connectivity index (χ1) is 13.1. The molecule has 1 saturated heterocycles. The van der Waals surface area contributed by atoms with Crippen molar-refractivity contribution in [2.24, 2.45) is 0 Å². The molecule has 140 valence electrons. The Hall–Kier alpha value is -3.07. The molecule has 0 aliphatic carbocycles.